The third kappa shape index (κ3) is 2.69. The summed E-state index contributed by atoms with van der Waals surface area (Å²) in [6.45, 7) is 0. The SMILES string of the molecule is NC(=O)Cc1ccc(Oc2ccnc3[nH]ccc23)c(F)c1. The van der Waals surface area contributed by atoms with Gasteiger partial charge in [0.1, 0.15) is 11.4 Å². The van der Waals surface area contributed by atoms with E-state index in [1.54, 1.807) is 30.6 Å². The van der Waals surface area contributed by atoms with Crippen LogP contribution in [0.1, 0.15) is 5.56 Å². The number of nitrogens with one attached hydrogen (secondary N) is 1. The summed E-state index contributed by atoms with van der Waals surface area (Å²) in [6.07, 6.45) is 3.30. The number of nitrogens with two attached hydrogens (primary N) is 1. The maximum absolute atomic E-state index is 14.0. The molecular formula is C15H12FN3O2. The van der Waals surface area contributed by atoms with Crippen molar-refractivity contribution in [1.82, 2.24) is 9.97 Å². The van der Waals surface area contributed by atoms with E-state index in [0.717, 1.165) is 5.39 Å². The zero-order valence-corrected chi connectivity index (χ0v) is 11.0. The topological polar surface area (TPSA) is 81.0 Å². The van der Waals surface area contributed by atoms with Gasteiger partial charge in [0, 0.05) is 12.4 Å². The number of carbonyl (C=O) groups is 1. The molecular weight excluding hydrogens is 273 g/mol. The average molecular weight is 285 g/mol. The van der Waals surface area contributed by atoms with Gasteiger partial charge in [0.05, 0.1) is 11.8 Å². The molecule has 3 aromatic rings. The molecule has 5 nitrogen and oxygen atoms in total. The lowest BCUT2D eigenvalue weighted by Crippen LogP contribution is -2.13. The number of benzene rings is 1. The predicted molar refractivity (Wildman–Crippen MR) is 75.5 cm³/mol. The van der Waals surface area contributed by atoms with E-state index in [1.165, 1.54) is 12.1 Å². The number of carbonyl (C=O) groups excluding carboxylic acids is 1. The fourth-order valence-electron chi connectivity index (χ4n) is 2.08. The first kappa shape index (κ1) is 13.1. The highest BCUT2D eigenvalue weighted by molar-refractivity contribution is 5.82. The first-order valence-corrected chi connectivity index (χ1v) is 6.30. The highest BCUT2D eigenvalue weighted by Gasteiger charge is 2.10. The molecule has 106 valence electrons. The van der Waals surface area contributed by atoms with Crippen LogP contribution in [-0.4, -0.2) is 15.9 Å². The number of nitrogens with zero attached hydrogens (tertiary/aromatic N) is 1. The molecule has 0 aliphatic carbocycles. The van der Waals surface area contributed by atoms with Gasteiger partial charge < -0.3 is 15.5 Å². The highest BCUT2D eigenvalue weighted by Crippen LogP contribution is 2.30. The highest BCUT2D eigenvalue weighted by atomic mass is 19.1. The minimum Gasteiger partial charge on any atom is -0.453 e. The first-order valence-electron chi connectivity index (χ1n) is 6.30. The number of fused-ring (bicyclic) bond motifs is 1. The summed E-state index contributed by atoms with van der Waals surface area (Å²) in [5.41, 5.74) is 6.26. The average Bonchev–Trinajstić information content (AvgIpc) is 2.90. The molecule has 6 heteroatoms. The van der Waals surface area contributed by atoms with Crippen LogP contribution in [0.2, 0.25) is 0 Å². The van der Waals surface area contributed by atoms with Crippen LogP contribution >= 0.6 is 0 Å². The molecule has 21 heavy (non-hydrogen) atoms. The van der Waals surface area contributed by atoms with E-state index in [9.17, 15) is 9.18 Å². The Morgan fingerprint density at radius 1 is 1.29 bits per heavy atom. The molecule has 0 aliphatic rings. The van der Waals surface area contributed by atoms with Gasteiger partial charge in [-0.1, -0.05) is 6.07 Å². The number of pyridine rings is 1. The summed E-state index contributed by atoms with van der Waals surface area (Å²) < 4.78 is 19.6. The molecule has 0 atom stereocenters. The van der Waals surface area contributed by atoms with Gasteiger partial charge in [0.2, 0.25) is 5.91 Å². The number of hydrogen-bond acceptors (Lipinski definition) is 3. The minimum absolute atomic E-state index is 0.00544. The third-order valence-electron chi connectivity index (χ3n) is 3.01. The Hall–Kier alpha value is -2.89. The normalized spacial score (nSPS) is 10.7. The lowest BCUT2D eigenvalue weighted by molar-refractivity contribution is -0.117. The molecule has 0 saturated heterocycles. The van der Waals surface area contributed by atoms with E-state index in [1.807, 2.05) is 0 Å². The van der Waals surface area contributed by atoms with Gasteiger partial charge in [-0.25, -0.2) is 9.37 Å². The lowest BCUT2D eigenvalue weighted by Gasteiger charge is -2.08. The monoisotopic (exact) mass is 285 g/mol. The van der Waals surface area contributed by atoms with Crippen molar-refractivity contribution in [2.24, 2.45) is 5.73 Å². The number of primary amides is 1. The van der Waals surface area contributed by atoms with Crippen molar-refractivity contribution < 1.29 is 13.9 Å². The number of halogens is 1. The van der Waals surface area contributed by atoms with Gasteiger partial charge in [-0.3, -0.25) is 4.79 Å². The fourth-order valence-corrected chi connectivity index (χ4v) is 2.08. The van der Waals surface area contributed by atoms with Crippen molar-refractivity contribution in [3.8, 4) is 11.5 Å². The molecule has 0 unspecified atom stereocenters. The maximum atomic E-state index is 14.0. The van der Waals surface area contributed by atoms with E-state index < -0.39 is 11.7 Å². The zero-order chi connectivity index (χ0) is 14.8. The van der Waals surface area contributed by atoms with Crippen LogP contribution in [0.15, 0.2) is 42.7 Å². The molecule has 3 N–H and O–H groups in total. The Bertz CT molecular complexity index is 814. The Kier molecular flexibility index (Phi) is 3.27. The first-order chi connectivity index (χ1) is 10.1. The molecule has 1 aromatic carbocycles. The summed E-state index contributed by atoms with van der Waals surface area (Å²) in [5, 5.41) is 0.762. The summed E-state index contributed by atoms with van der Waals surface area (Å²) in [7, 11) is 0. The Balaban J connectivity index is 1.91. The summed E-state index contributed by atoms with van der Waals surface area (Å²) in [4.78, 5) is 17.9. The second kappa shape index (κ2) is 5.24. The number of hydrogen-bond donors (Lipinski definition) is 2. The minimum atomic E-state index is -0.547. The van der Waals surface area contributed by atoms with Crippen LogP contribution < -0.4 is 10.5 Å². The van der Waals surface area contributed by atoms with Crippen molar-refractivity contribution in [3.63, 3.8) is 0 Å². The fraction of sp³-hybridized carbons (Fsp3) is 0.0667. The number of amides is 1. The van der Waals surface area contributed by atoms with E-state index in [0.29, 0.717) is 17.0 Å². The Morgan fingerprint density at radius 2 is 2.14 bits per heavy atom. The Morgan fingerprint density at radius 3 is 2.90 bits per heavy atom. The zero-order valence-electron chi connectivity index (χ0n) is 11.0. The molecule has 0 spiro atoms. The van der Waals surface area contributed by atoms with Gasteiger partial charge in [-0.2, -0.15) is 0 Å². The van der Waals surface area contributed by atoms with Crippen molar-refractivity contribution in [1.29, 1.82) is 0 Å². The van der Waals surface area contributed by atoms with Gasteiger partial charge >= 0.3 is 0 Å². The molecule has 0 bridgehead atoms. The number of rotatable bonds is 4. The quantitative estimate of drug-likeness (QED) is 0.772. The molecule has 0 radical (unpaired) electrons. The smallest absolute Gasteiger partial charge is 0.221 e. The number of aromatic amines is 1. The van der Waals surface area contributed by atoms with Crippen LogP contribution in [0.25, 0.3) is 11.0 Å². The van der Waals surface area contributed by atoms with E-state index >= 15 is 0 Å². The molecule has 0 saturated carbocycles. The van der Waals surface area contributed by atoms with Crippen LogP contribution in [0.4, 0.5) is 4.39 Å². The Labute approximate surface area is 119 Å². The standard InChI is InChI=1S/C15H12FN3O2/c16-11-7-9(8-14(17)20)1-2-13(11)21-12-4-6-19-15-10(12)3-5-18-15/h1-7H,8H2,(H2,17,20)(H,18,19). The molecule has 1 amide bonds. The molecule has 0 aliphatic heterocycles. The summed E-state index contributed by atoms with van der Waals surface area (Å²) in [5.74, 6) is -0.472. The van der Waals surface area contributed by atoms with Crippen molar-refractivity contribution in [2.45, 2.75) is 6.42 Å². The predicted octanol–water partition coefficient (Wildman–Crippen LogP) is 2.52. The largest absolute Gasteiger partial charge is 0.453 e. The number of ether oxygens (including phenoxy) is 1. The van der Waals surface area contributed by atoms with E-state index in [2.05, 4.69) is 9.97 Å². The maximum Gasteiger partial charge on any atom is 0.221 e. The van der Waals surface area contributed by atoms with Crippen molar-refractivity contribution >= 4 is 16.9 Å². The van der Waals surface area contributed by atoms with Crippen LogP contribution in [0, 0.1) is 5.82 Å². The summed E-state index contributed by atoms with van der Waals surface area (Å²) >= 11 is 0. The molecule has 2 aromatic heterocycles. The van der Waals surface area contributed by atoms with Crippen LogP contribution in [-0.2, 0) is 11.2 Å². The molecule has 3 rings (SSSR count). The van der Waals surface area contributed by atoms with E-state index in [4.69, 9.17) is 10.5 Å². The molecule has 0 fully saturated rings. The van der Waals surface area contributed by atoms with Gasteiger partial charge in [-0.05, 0) is 29.8 Å². The van der Waals surface area contributed by atoms with Crippen molar-refractivity contribution in [3.05, 3.63) is 54.1 Å². The summed E-state index contributed by atoms with van der Waals surface area (Å²) in [6, 6.07) is 7.80. The van der Waals surface area contributed by atoms with Gasteiger partial charge in [0.25, 0.3) is 0 Å². The number of H-pyrrole nitrogens is 1. The van der Waals surface area contributed by atoms with Gasteiger partial charge in [0.15, 0.2) is 11.6 Å². The third-order valence-corrected chi connectivity index (χ3v) is 3.01. The van der Waals surface area contributed by atoms with Crippen LogP contribution in [0.5, 0.6) is 11.5 Å². The second-order valence-corrected chi connectivity index (χ2v) is 4.56. The van der Waals surface area contributed by atoms with Gasteiger partial charge in [-0.15, -0.1) is 0 Å². The second-order valence-electron chi connectivity index (χ2n) is 4.56. The molecule has 2 heterocycles. The number of aromatic nitrogens is 2. The lowest BCUT2D eigenvalue weighted by atomic mass is 10.1. The van der Waals surface area contributed by atoms with E-state index in [-0.39, 0.29) is 12.2 Å². The van der Waals surface area contributed by atoms with Crippen molar-refractivity contribution in [2.75, 3.05) is 0 Å². The van der Waals surface area contributed by atoms with Crippen LogP contribution in [0.3, 0.4) is 0 Å².